The van der Waals surface area contributed by atoms with Gasteiger partial charge in [0.25, 0.3) is 0 Å². The second-order valence-electron chi connectivity index (χ2n) is 8.85. The van der Waals surface area contributed by atoms with Gasteiger partial charge in [-0.15, -0.1) is 0 Å². The first-order chi connectivity index (χ1) is 14.1. The molecule has 2 rings (SSSR count). The normalized spacial score (nSPS) is 30.3. The Labute approximate surface area is 206 Å². The molecule has 0 saturated heterocycles. The Hall–Kier alpha value is -0.700. The topological polar surface area (TPSA) is 124 Å². The molecule has 0 aromatic carbocycles. The van der Waals surface area contributed by atoms with Crippen LogP contribution in [0.4, 0.5) is 0 Å². The van der Waals surface area contributed by atoms with E-state index in [9.17, 15) is 24.9 Å². The van der Waals surface area contributed by atoms with E-state index in [4.69, 9.17) is 9.84 Å². The van der Waals surface area contributed by atoms with E-state index in [-0.39, 0.29) is 71.7 Å². The van der Waals surface area contributed by atoms with Crippen LogP contribution in [0.2, 0.25) is 0 Å². The fourth-order valence-electron chi connectivity index (χ4n) is 4.53. The van der Waals surface area contributed by atoms with Crippen LogP contribution in [0.3, 0.4) is 0 Å². The van der Waals surface area contributed by atoms with E-state index in [0.29, 0.717) is 25.7 Å². The summed E-state index contributed by atoms with van der Waals surface area (Å²) >= 11 is 0. The average Bonchev–Trinajstić information content (AvgIpc) is 2.67. The molecule has 0 heterocycles. The number of esters is 1. The number of carboxylic acids is 1. The summed E-state index contributed by atoms with van der Waals surface area (Å²) in [5.41, 5.74) is 0.958. The van der Waals surface area contributed by atoms with E-state index in [2.05, 4.69) is 0 Å². The van der Waals surface area contributed by atoms with Gasteiger partial charge in [0.15, 0.2) is 0 Å². The smallest absolute Gasteiger partial charge is 0.308 e. The standard InChI is InChI=1S/C23H36O7.Na/c1-4-13(2)23(29)30-20-7-5-6-15-10-19(26)14(3)18(22(15)20)9-8-16(24)11-17(25)12-21(27)28;/h5-6,10,13-14,16-20,22,24-26H,4,7-9,11-12H2,1-3H3,(H,27,28);/t13-,14+,16+,17+,18-,19+,20-,22-;/m1./s1. The van der Waals surface area contributed by atoms with Crippen molar-refractivity contribution >= 4 is 41.5 Å². The minimum absolute atomic E-state index is 0. The molecule has 0 fully saturated rings. The molecule has 2 aliphatic carbocycles. The first kappa shape index (κ1) is 28.3. The zero-order chi connectivity index (χ0) is 22.4. The number of aliphatic hydroxyl groups excluding tert-OH is 3. The molecular formula is C23H36NaO7. The predicted octanol–water partition coefficient (Wildman–Crippen LogP) is 2.06. The summed E-state index contributed by atoms with van der Waals surface area (Å²) in [4.78, 5) is 23.1. The molecule has 0 bridgehead atoms. The first-order valence-corrected chi connectivity index (χ1v) is 11.0. The van der Waals surface area contributed by atoms with Gasteiger partial charge in [0.1, 0.15) is 6.10 Å². The van der Waals surface area contributed by atoms with Gasteiger partial charge < -0.3 is 25.2 Å². The van der Waals surface area contributed by atoms with Crippen LogP contribution in [0.15, 0.2) is 23.8 Å². The molecule has 0 aromatic rings. The maximum Gasteiger partial charge on any atom is 0.308 e. The van der Waals surface area contributed by atoms with Crippen LogP contribution in [0.5, 0.6) is 0 Å². The van der Waals surface area contributed by atoms with Crippen molar-refractivity contribution in [2.24, 2.45) is 23.7 Å². The minimum atomic E-state index is -1.10. The van der Waals surface area contributed by atoms with Gasteiger partial charge in [0.05, 0.1) is 30.7 Å². The summed E-state index contributed by atoms with van der Waals surface area (Å²) in [6.07, 6.45) is 4.79. The zero-order valence-corrected chi connectivity index (χ0v) is 21.1. The van der Waals surface area contributed by atoms with Gasteiger partial charge in [-0.25, -0.2) is 0 Å². The number of allylic oxidation sites excluding steroid dienone is 1. The monoisotopic (exact) mass is 447 g/mol. The molecular weight excluding hydrogens is 411 g/mol. The number of carbonyl (C=O) groups is 2. The first-order valence-electron chi connectivity index (χ1n) is 11.0. The number of ether oxygens (including phenoxy) is 1. The summed E-state index contributed by atoms with van der Waals surface area (Å²) < 4.78 is 5.86. The zero-order valence-electron chi connectivity index (χ0n) is 19.1. The minimum Gasteiger partial charge on any atom is -0.481 e. The van der Waals surface area contributed by atoms with Crippen LogP contribution in [0.25, 0.3) is 0 Å². The third kappa shape index (κ3) is 7.98. The van der Waals surface area contributed by atoms with E-state index < -0.39 is 30.7 Å². The fraction of sp³-hybridized carbons (Fsp3) is 0.739. The number of fused-ring (bicyclic) bond motifs is 1. The summed E-state index contributed by atoms with van der Waals surface area (Å²) in [7, 11) is 0. The number of rotatable bonds is 10. The molecule has 7 nitrogen and oxygen atoms in total. The number of carbonyl (C=O) groups excluding carboxylic acids is 1. The fourth-order valence-corrected chi connectivity index (χ4v) is 4.53. The van der Waals surface area contributed by atoms with Crippen molar-refractivity contribution in [1.29, 1.82) is 0 Å². The third-order valence-corrected chi connectivity index (χ3v) is 6.57. The molecule has 0 saturated carbocycles. The number of carboxylic acid groups (broad SMARTS) is 1. The maximum absolute atomic E-state index is 12.4. The molecule has 4 N–H and O–H groups in total. The summed E-state index contributed by atoms with van der Waals surface area (Å²) in [5.74, 6) is -1.64. The number of hydrogen-bond acceptors (Lipinski definition) is 6. The van der Waals surface area contributed by atoms with Crippen molar-refractivity contribution in [1.82, 2.24) is 0 Å². The largest absolute Gasteiger partial charge is 0.481 e. The maximum atomic E-state index is 12.4. The van der Waals surface area contributed by atoms with Crippen LogP contribution in [0.1, 0.15) is 59.3 Å². The van der Waals surface area contributed by atoms with Gasteiger partial charge in [0.2, 0.25) is 0 Å². The Bertz CT molecular complexity index is 662. The quantitative estimate of drug-likeness (QED) is 0.298. The summed E-state index contributed by atoms with van der Waals surface area (Å²) in [5, 5.41) is 39.3. The van der Waals surface area contributed by atoms with E-state index in [1.165, 1.54) is 0 Å². The third-order valence-electron chi connectivity index (χ3n) is 6.57. The molecule has 1 radical (unpaired) electrons. The Kier molecular flexibility index (Phi) is 12.0. The van der Waals surface area contributed by atoms with Crippen molar-refractivity contribution in [3.05, 3.63) is 23.8 Å². The number of aliphatic carboxylic acids is 1. The number of hydrogen-bond donors (Lipinski definition) is 4. The Balaban J connectivity index is 0.00000480. The predicted molar refractivity (Wildman–Crippen MR) is 117 cm³/mol. The van der Waals surface area contributed by atoms with Gasteiger partial charge in [-0.05, 0) is 43.1 Å². The van der Waals surface area contributed by atoms with Crippen molar-refractivity contribution < 1.29 is 34.8 Å². The molecule has 0 amide bonds. The van der Waals surface area contributed by atoms with Gasteiger partial charge in [-0.2, -0.15) is 0 Å². The van der Waals surface area contributed by atoms with Crippen LogP contribution in [0, 0.1) is 23.7 Å². The molecule has 2 aliphatic rings. The van der Waals surface area contributed by atoms with Crippen molar-refractivity contribution in [2.75, 3.05) is 0 Å². The second kappa shape index (κ2) is 13.1. The van der Waals surface area contributed by atoms with Crippen molar-refractivity contribution in [2.45, 2.75) is 83.7 Å². The van der Waals surface area contributed by atoms with Crippen LogP contribution in [-0.4, -0.2) is 86.3 Å². The molecule has 8 heteroatoms. The number of aliphatic hydroxyl groups is 3. The Morgan fingerprint density at radius 3 is 2.55 bits per heavy atom. The van der Waals surface area contributed by atoms with Crippen molar-refractivity contribution in [3.8, 4) is 0 Å². The van der Waals surface area contributed by atoms with E-state index in [1.807, 2.05) is 39.0 Å². The second-order valence-corrected chi connectivity index (χ2v) is 8.85. The molecule has 8 atom stereocenters. The molecule has 171 valence electrons. The van der Waals surface area contributed by atoms with Gasteiger partial charge in [0, 0.05) is 41.9 Å². The molecule has 0 aliphatic heterocycles. The summed E-state index contributed by atoms with van der Waals surface area (Å²) in [6.45, 7) is 5.75. The van der Waals surface area contributed by atoms with Gasteiger partial charge >= 0.3 is 11.9 Å². The van der Waals surface area contributed by atoms with Crippen molar-refractivity contribution in [3.63, 3.8) is 0 Å². The Morgan fingerprint density at radius 1 is 1.26 bits per heavy atom. The molecule has 0 unspecified atom stereocenters. The van der Waals surface area contributed by atoms with Crippen LogP contribution in [-0.2, 0) is 14.3 Å². The van der Waals surface area contributed by atoms with E-state index >= 15 is 0 Å². The summed E-state index contributed by atoms with van der Waals surface area (Å²) in [6, 6.07) is 0. The SMILES string of the molecule is CC[C@@H](C)C(=O)O[C@@H]1CC=CC2=C[C@H](O)[C@@H](C)[C@@H](CC[C@H](O)C[C@H](O)CC(=O)O)[C@@H]21.[Na]. The Morgan fingerprint density at radius 2 is 1.94 bits per heavy atom. The van der Waals surface area contributed by atoms with Crippen LogP contribution < -0.4 is 0 Å². The van der Waals surface area contributed by atoms with Gasteiger partial charge in [-0.1, -0.05) is 39.0 Å². The molecule has 0 aromatic heterocycles. The van der Waals surface area contributed by atoms with Crippen LogP contribution >= 0.6 is 0 Å². The van der Waals surface area contributed by atoms with E-state index in [0.717, 1.165) is 5.57 Å². The average molecular weight is 448 g/mol. The molecule has 31 heavy (non-hydrogen) atoms. The van der Waals surface area contributed by atoms with Gasteiger partial charge in [-0.3, -0.25) is 9.59 Å². The molecule has 0 spiro atoms. The van der Waals surface area contributed by atoms with E-state index in [1.54, 1.807) is 0 Å².